The second-order valence-corrected chi connectivity index (χ2v) is 5.05. The molecule has 25 heavy (non-hydrogen) atoms. The normalized spacial score (nSPS) is 11.0. The van der Waals surface area contributed by atoms with Crippen molar-refractivity contribution in [2.45, 2.75) is 6.54 Å². The molecule has 0 saturated heterocycles. The number of hydrogen-bond acceptors (Lipinski definition) is 9. The average Bonchev–Trinajstić information content (AvgIpc) is 2.85. The number of nitrogens with one attached hydrogen (secondary N) is 1. The Labute approximate surface area is 140 Å². The van der Waals surface area contributed by atoms with Gasteiger partial charge in [-0.3, -0.25) is 24.3 Å². The molecular weight excluding hydrogens is 330 g/mol. The van der Waals surface area contributed by atoms with Gasteiger partial charge in [0.15, 0.2) is 11.3 Å². The van der Waals surface area contributed by atoms with E-state index in [1.165, 1.54) is 28.6 Å². The Balaban J connectivity index is 2.41. The lowest BCUT2D eigenvalue weighted by Crippen LogP contribution is -2.31. The summed E-state index contributed by atoms with van der Waals surface area (Å²) in [5.41, 5.74) is 8.03. The van der Waals surface area contributed by atoms with Crippen LogP contribution in [-0.2, 0) is 13.6 Å². The standard InChI is InChI=1S/C13H15N9O3/c1-21-9-7(6-8(11(24)20-15)17-3-2-16-6)18-12(14)19-10(9)22(4-5-23)13(21)25/h2-3,23H,4-5,15H2,1H3,(H,20,24)(H2,14,18,19). The van der Waals surface area contributed by atoms with E-state index in [-0.39, 0.29) is 41.8 Å². The number of hydrogen-bond donors (Lipinski definition) is 4. The van der Waals surface area contributed by atoms with Gasteiger partial charge in [-0.25, -0.2) is 20.6 Å². The second-order valence-electron chi connectivity index (χ2n) is 5.05. The highest BCUT2D eigenvalue weighted by Gasteiger charge is 2.23. The first kappa shape index (κ1) is 16.5. The van der Waals surface area contributed by atoms with Crippen molar-refractivity contribution < 1.29 is 9.90 Å². The van der Waals surface area contributed by atoms with E-state index < -0.39 is 11.6 Å². The number of aryl methyl sites for hydroxylation is 1. The first-order valence-electron chi connectivity index (χ1n) is 7.15. The van der Waals surface area contributed by atoms with Crippen LogP contribution in [0.3, 0.4) is 0 Å². The van der Waals surface area contributed by atoms with Gasteiger partial charge in [-0.2, -0.15) is 4.98 Å². The lowest BCUT2D eigenvalue weighted by atomic mass is 10.2. The number of fused-ring (bicyclic) bond motifs is 1. The van der Waals surface area contributed by atoms with Crippen molar-refractivity contribution in [3.05, 3.63) is 28.6 Å². The maximum Gasteiger partial charge on any atom is 0.330 e. The zero-order chi connectivity index (χ0) is 18.1. The Morgan fingerprint density at radius 3 is 2.68 bits per heavy atom. The van der Waals surface area contributed by atoms with Crippen LogP contribution in [0.15, 0.2) is 17.2 Å². The van der Waals surface area contributed by atoms with Crippen LogP contribution in [0.2, 0.25) is 0 Å². The first-order chi connectivity index (χ1) is 12.0. The summed E-state index contributed by atoms with van der Waals surface area (Å²) < 4.78 is 2.55. The molecular formula is C13H15N9O3. The molecule has 12 heteroatoms. The van der Waals surface area contributed by atoms with Crippen LogP contribution in [0.25, 0.3) is 22.6 Å². The minimum absolute atomic E-state index is 0.0304. The third kappa shape index (κ3) is 2.58. The predicted octanol–water partition coefficient (Wildman–Crippen LogP) is -2.23. The number of aromatic nitrogens is 6. The summed E-state index contributed by atoms with van der Waals surface area (Å²) in [6.07, 6.45) is 2.70. The van der Waals surface area contributed by atoms with Gasteiger partial charge in [0.05, 0.1) is 13.2 Å². The van der Waals surface area contributed by atoms with E-state index in [0.717, 1.165) is 0 Å². The number of aliphatic hydroxyl groups is 1. The molecule has 3 heterocycles. The highest BCUT2D eigenvalue weighted by atomic mass is 16.3. The Kier molecular flexibility index (Phi) is 4.12. The Bertz CT molecular complexity index is 1020. The van der Waals surface area contributed by atoms with E-state index in [2.05, 4.69) is 19.9 Å². The van der Waals surface area contributed by atoms with Crippen molar-refractivity contribution in [1.82, 2.24) is 34.5 Å². The van der Waals surface area contributed by atoms with Crippen LogP contribution < -0.4 is 22.7 Å². The highest BCUT2D eigenvalue weighted by Crippen LogP contribution is 2.26. The molecule has 0 unspecified atom stereocenters. The molecule has 0 atom stereocenters. The summed E-state index contributed by atoms with van der Waals surface area (Å²) >= 11 is 0. The summed E-state index contributed by atoms with van der Waals surface area (Å²) in [6, 6.07) is 0. The Morgan fingerprint density at radius 1 is 1.28 bits per heavy atom. The second kappa shape index (κ2) is 6.26. The van der Waals surface area contributed by atoms with E-state index in [1.807, 2.05) is 5.43 Å². The van der Waals surface area contributed by atoms with Crippen LogP contribution >= 0.6 is 0 Å². The van der Waals surface area contributed by atoms with Gasteiger partial charge in [-0.1, -0.05) is 0 Å². The summed E-state index contributed by atoms with van der Waals surface area (Å²) in [6.45, 7) is -0.229. The van der Waals surface area contributed by atoms with Crippen LogP contribution in [0, 0.1) is 0 Å². The maximum absolute atomic E-state index is 12.4. The molecule has 12 nitrogen and oxygen atoms in total. The van der Waals surface area contributed by atoms with Crippen molar-refractivity contribution in [1.29, 1.82) is 0 Å². The molecule has 0 aromatic carbocycles. The van der Waals surface area contributed by atoms with Crippen molar-refractivity contribution in [3.63, 3.8) is 0 Å². The van der Waals surface area contributed by atoms with E-state index in [0.29, 0.717) is 5.52 Å². The van der Waals surface area contributed by atoms with Gasteiger partial charge in [0, 0.05) is 19.4 Å². The van der Waals surface area contributed by atoms with Crippen LogP contribution in [0.1, 0.15) is 10.5 Å². The number of nitrogens with two attached hydrogens (primary N) is 2. The zero-order valence-electron chi connectivity index (χ0n) is 13.2. The molecule has 130 valence electrons. The van der Waals surface area contributed by atoms with E-state index in [1.54, 1.807) is 0 Å². The molecule has 3 rings (SSSR count). The van der Waals surface area contributed by atoms with E-state index in [4.69, 9.17) is 11.6 Å². The number of imidazole rings is 1. The molecule has 0 spiro atoms. The van der Waals surface area contributed by atoms with E-state index >= 15 is 0 Å². The van der Waals surface area contributed by atoms with Gasteiger partial charge in [0.2, 0.25) is 5.95 Å². The molecule has 0 saturated carbocycles. The Hall–Kier alpha value is -3.38. The fourth-order valence-corrected chi connectivity index (χ4v) is 2.54. The third-order valence-electron chi connectivity index (χ3n) is 3.58. The maximum atomic E-state index is 12.4. The number of nitrogens with zero attached hydrogens (tertiary/aromatic N) is 6. The molecule has 1 amide bonds. The monoisotopic (exact) mass is 345 g/mol. The molecule has 6 N–H and O–H groups in total. The molecule has 0 bridgehead atoms. The number of carbonyl (C=O) groups is 1. The average molecular weight is 345 g/mol. The first-order valence-corrected chi connectivity index (χ1v) is 7.15. The minimum Gasteiger partial charge on any atom is -0.395 e. The molecule has 3 aromatic heterocycles. The van der Waals surface area contributed by atoms with Crippen molar-refractivity contribution in [2.75, 3.05) is 12.3 Å². The number of aliphatic hydroxyl groups excluding tert-OH is 1. The van der Waals surface area contributed by atoms with Gasteiger partial charge >= 0.3 is 5.69 Å². The van der Waals surface area contributed by atoms with Gasteiger partial charge < -0.3 is 10.8 Å². The number of amides is 1. The van der Waals surface area contributed by atoms with Gasteiger partial charge in [-0.05, 0) is 0 Å². The van der Waals surface area contributed by atoms with Gasteiger partial charge in [-0.15, -0.1) is 0 Å². The largest absolute Gasteiger partial charge is 0.395 e. The summed E-state index contributed by atoms with van der Waals surface area (Å²) in [5.74, 6) is 4.39. The lowest BCUT2D eigenvalue weighted by molar-refractivity contribution is 0.0949. The highest BCUT2D eigenvalue weighted by molar-refractivity contribution is 6.00. The fourth-order valence-electron chi connectivity index (χ4n) is 2.54. The zero-order valence-corrected chi connectivity index (χ0v) is 13.2. The quantitative estimate of drug-likeness (QED) is 0.231. The van der Waals surface area contributed by atoms with Gasteiger partial charge in [0.25, 0.3) is 5.91 Å². The SMILES string of the molecule is Cn1c(=O)n(CCO)c2nc(N)nc(-c3nccnc3C(=O)NN)c21. The molecule has 0 aliphatic heterocycles. The number of rotatable bonds is 4. The molecule has 3 aromatic rings. The molecule has 0 radical (unpaired) electrons. The number of carbonyl (C=O) groups excluding carboxylic acids is 1. The smallest absolute Gasteiger partial charge is 0.330 e. The fraction of sp³-hybridized carbons (Fsp3) is 0.231. The molecule has 0 fully saturated rings. The van der Waals surface area contributed by atoms with E-state index in [9.17, 15) is 14.7 Å². The number of nitrogen functional groups attached to an aromatic ring is 2. The predicted molar refractivity (Wildman–Crippen MR) is 86.9 cm³/mol. The number of anilines is 1. The summed E-state index contributed by atoms with van der Waals surface area (Å²) in [7, 11) is 1.51. The lowest BCUT2D eigenvalue weighted by Gasteiger charge is -2.08. The van der Waals surface area contributed by atoms with Gasteiger partial charge in [0.1, 0.15) is 16.9 Å². The van der Waals surface area contributed by atoms with Crippen LogP contribution in [0.5, 0.6) is 0 Å². The molecule has 0 aliphatic rings. The topological polar surface area (TPSA) is 180 Å². The van der Waals surface area contributed by atoms with Crippen LogP contribution in [-0.4, -0.2) is 46.7 Å². The van der Waals surface area contributed by atoms with Crippen molar-refractivity contribution >= 4 is 23.0 Å². The molecule has 0 aliphatic carbocycles. The van der Waals surface area contributed by atoms with Crippen LogP contribution in [0.4, 0.5) is 5.95 Å². The number of hydrazine groups is 1. The Morgan fingerprint density at radius 2 is 2.00 bits per heavy atom. The summed E-state index contributed by atoms with van der Waals surface area (Å²) in [4.78, 5) is 40.7. The van der Waals surface area contributed by atoms with Crippen molar-refractivity contribution in [2.24, 2.45) is 12.9 Å². The third-order valence-corrected chi connectivity index (χ3v) is 3.58. The summed E-state index contributed by atoms with van der Waals surface area (Å²) in [5, 5.41) is 9.18. The van der Waals surface area contributed by atoms with Crippen molar-refractivity contribution in [3.8, 4) is 11.4 Å². The minimum atomic E-state index is -0.673.